The van der Waals surface area contributed by atoms with Crippen LogP contribution in [0.1, 0.15) is 18.1 Å². The zero-order chi connectivity index (χ0) is 15.1. The minimum atomic E-state index is -0.196. The van der Waals surface area contributed by atoms with Gasteiger partial charge in [0.15, 0.2) is 0 Å². The zero-order valence-electron chi connectivity index (χ0n) is 12.8. The fraction of sp³-hybridized carbons (Fsp3) is 0.333. The van der Waals surface area contributed by atoms with Crippen molar-refractivity contribution < 1.29 is 4.39 Å². The van der Waals surface area contributed by atoms with E-state index in [1.807, 2.05) is 13.1 Å². The van der Waals surface area contributed by atoms with Crippen molar-refractivity contribution in [3.8, 4) is 0 Å². The largest absolute Gasteiger partial charge is 0.370 e. The lowest BCUT2D eigenvalue weighted by atomic mass is 10.1. The lowest BCUT2D eigenvalue weighted by molar-refractivity contribution is 0.627. The van der Waals surface area contributed by atoms with E-state index < -0.39 is 0 Å². The fourth-order valence-corrected chi connectivity index (χ4v) is 2.30. The molecule has 2 aromatic carbocycles. The van der Waals surface area contributed by atoms with Crippen LogP contribution >= 0.6 is 0 Å². The SMILES string of the molecule is CCNCCc1ccc(CN(C)c2cccc(F)c2)cc1. The molecule has 0 aliphatic carbocycles. The maximum Gasteiger partial charge on any atom is 0.125 e. The number of anilines is 1. The summed E-state index contributed by atoms with van der Waals surface area (Å²) in [4.78, 5) is 2.05. The Morgan fingerprint density at radius 2 is 1.76 bits per heavy atom. The van der Waals surface area contributed by atoms with E-state index in [9.17, 15) is 4.39 Å². The van der Waals surface area contributed by atoms with E-state index in [-0.39, 0.29) is 5.82 Å². The molecule has 0 saturated carbocycles. The summed E-state index contributed by atoms with van der Waals surface area (Å²) in [6, 6.07) is 15.3. The molecular weight excluding hydrogens is 263 g/mol. The van der Waals surface area contributed by atoms with Crippen LogP contribution in [0.3, 0.4) is 0 Å². The molecule has 0 aliphatic heterocycles. The van der Waals surface area contributed by atoms with Gasteiger partial charge in [-0.3, -0.25) is 0 Å². The summed E-state index contributed by atoms with van der Waals surface area (Å²) >= 11 is 0. The van der Waals surface area contributed by atoms with Crippen LogP contribution in [0, 0.1) is 5.82 Å². The van der Waals surface area contributed by atoms with E-state index in [4.69, 9.17) is 0 Å². The lowest BCUT2D eigenvalue weighted by Gasteiger charge is -2.19. The monoisotopic (exact) mass is 286 g/mol. The van der Waals surface area contributed by atoms with Crippen molar-refractivity contribution in [2.24, 2.45) is 0 Å². The first-order chi connectivity index (χ1) is 10.2. The summed E-state index contributed by atoms with van der Waals surface area (Å²) < 4.78 is 13.2. The molecule has 0 fully saturated rings. The topological polar surface area (TPSA) is 15.3 Å². The van der Waals surface area contributed by atoms with Gasteiger partial charge in [-0.2, -0.15) is 0 Å². The summed E-state index contributed by atoms with van der Waals surface area (Å²) in [7, 11) is 1.98. The molecule has 0 bridgehead atoms. The van der Waals surface area contributed by atoms with Crippen LogP contribution in [-0.2, 0) is 13.0 Å². The highest BCUT2D eigenvalue weighted by Gasteiger charge is 2.03. The standard InChI is InChI=1S/C18H23FN2/c1-3-20-12-11-15-7-9-16(10-8-15)14-21(2)18-6-4-5-17(19)13-18/h4-10,13,20H,3,11-12,14H2,1-2H3. The Kier molecular flexibility index (Phi) is 5.76. The van der Waals surface area contributed by atoms with Crippen LogP contribution in [0.25, 0.3) is 0 Å². The number of hydrogen-bond donors (Lipinski definition) is 1. The van der Waals surface area contributed by atoms with E-state index in [0.29, 0.717) is 0 Å². The average molecular weight is 286 g/mol. The molecule has 1 N–H and O–H groups in total. The number of benzene rings is 2. The smallest absolute Gasteiger partial charge is 0.125 e. The third kappa shape index (κ3) is 4.87. The molecule has 0 radical (unpaired) electrons. The van der Waals surface area contributed by atoms with Gasteiger partial charge in [0.25, 0.3) is 0 Å². The van der Waals surface area contributed by atoms with E-state index in [0.717, 1.165) is 31.7 Å². The van der Waals surface area contributed by atoms with Crippen LogP contribution in [0.4, 0.5) is 10.1 Å². The van der Waals surface area contributed by atoms with Gasteiger partial charge in [-0.05, 0) is 48.8 Å². The van der Waals surface area contributed by atoms with Crippen molar-refractivity contribution in [3.05, 3.63) is 65.5 Å². The Bertz CT molecular complexity index is 551. The third-order valence-corrected chi connectivity index (χ3v) is 3.53. The molecule has 0 aromatic heterocycles. The van der Waals surface area contributed by atoms with E-state index in [1.165, 1.54) is 17.2 Å². The Hall–Kier alpha value is -1.87. The van der Waals surface area contributed by atoms with Gasteiger partial charge in [0, 0.05) is 19.3 Å². The van der Waals surface area contributed by atoms with Crippen molar-refractivity contribution in [3.63, 3.8) is 0 Å². The molecule has 0 saturated heterocycles. The van der Waals surface area contributed by atoms with Crippen molar-refractivity contribution in [2.75, 3.05) is 25.0 Å². The van der Waals surface area contributed by atoms with E-state index in [1.54, 1.807) is 12.1 Å². The summed E-state index contributed by atoms with van der Waals surface area (Å²) in [5.74, 6) is -0.196. The van der Waals surface area contributed by atoms with Crippen molar-refractivity contribution in [2.45, 2.75) is 19.9 Å². The molecule has 112 valence electrons. The molecule has 2 rings (SSSR count). The first kappa shape index (κ1) is 15.5. The van der Waals surface area contributed by atoms with Gasteiger partial charge in [-0.15, -0.1) is 0 Å². The van der Waals surface area contributed by atoms with Crippen LogP contribution < -0.4 is 10.2 Å². The van der Waals surface area contributed by atoms with Gasteiger partial charge in [-0.1, -0.05) is 37.3 Å². The molecule has 0 spiro atoms. The number of nitrogens with one attached hydrogen (secondary N) is 1. The Morgan fingerprint density at radius 1 is 1.05 bits per heavy atom. The summed E-state index contributed by atoms with van der Waals surface area (Å²) in [5, 5.41) is 3.33. The maximum absolute atomic E-state index is 13.2. The van der Waals surface area contributed by atoms with Gasteiger partial charge in [0.05, 0.1) is 0 Å². The Morgan fingerprint density at radius 3 is 2.43 bits per heavy atom. The summed E-state index contributed by atoms with van der Waals surface area (Å²) in [6.07, 6.45) is 1.05. The number of rotatable bonds is 7. The molecule has 21 heavy (non-hydrogen) atoms. The number of nitrogens with zero attached hydrogens (tertiary/aromatic N) is 1. The highest BCUT2D eigenvalue weighted by atomic mass is 19.1. The highest BCUT2D eigenvalue weighted by molar-refractivity contribution is 5.46. The molecule has 0 aliphatic rings. The quantitative estimate of drug-likeness (QED) is 0.782. The van der Waals surface area contributed by atoms with Crippen molar-refractivity contribution in [1.82, 2.24) is 5.32 Å². The van der Waals surface area contributed by atoms with Crippen LogP contribution in [-0.4, -0.2) is 20.1 Å². The average Bonchev–Trinajstić information content (AvgIpc) is 2.49. The zero-order valence-corrected chi connectivity index (χ0v) is 12.8. The van der Waals surface area contributed by atoms with Crippen LogP contribution in [0.15, 0.2) is 48.5 Å². The third-order valence-electron chi connectivity index (χ3n) is 3.53. The molecule has 0 unspecified atom stereocenters. The molecule has 0 atom stereocenters. The fourth-order valence-electron chi connectivity index (χ4n) is 2.30. The molecule has 0 heterocycles. The first-order valence-electron chi connectivity index (χ1n) is 7.44. The van der Waals surface area contributed by atoms with Crippen LogP contribution in [0.5, 0.6) is 0 Å². The van der Waals surface area contributed by atoms with E-state index >= 15 is 0 Å². The van der Waals surface area contributed by atoms with Gasteiger partial charge in [0.1, 0.15) is 5.82 Å². The molecule has 2 nitrogen and oxygen atoms in total. The molecule has 3 heteroatoms. The Balaban J connectivity index is 1.93. The van der Waals surface area contributed by atoms with Gasteiger partial charge < -0.3 is 10.2 Å². The van der Waals surface area contributed by atoms with Gasteiger partial charge >= 0.3 is 0 Å². The number of halogens is 1. The second-order valence-electron chi connectivity index (χ2n) is 5.26. The number of likely N-dealkylation sites (N-methyl/N-ethyl adjacent to an activating group) is 1. The maximum atomic E-state index is 13.2. The van der Waals surface area contributed by atoms with Gasteiger partial charge in [0.2, 0.25) is 0 Å². The van der Waals surface area contributed by atoms with Crippen molar-refractivity contribution >= 4 is 5.69 Å². The van der Waals surface area contributed by atoms with Gasteiger partial charge in [-0.25, -0.2) is 4.39 Å². The minimum Gasteiger partial charge on any atom is -0.370 e. The highest BCUT2D eigenvalue weighted by Crippen LogP contribution is 2.17. The molecule has 2 aromatic rings. The summed E-state index contributed by atoms with van der Waals surface area (Å²) in [6.45, 7) is 4.91. The second kappa shape index (κ2) is 7.79. The van der Waals surface area contributed by atoms with E-state index in [2.05, 4.69) is 41.4 Å². The Labute approximate surface area is 126 Å². The first-order valence-corrected chi connectivity index (χ1v) is 7.44. The second-order valence-corrected chi connectivity index (χ2v) is 5.26. The number of hydrogen-bond acceptors (Lipinski definition) is 2. The summed E-state index contributed by atoms with van der Waals surface area (Å²) in [5.41, 5.74) is 3.47. The normalized spacial score (nSPS) is 10.6. The molecule has 0 amide bonds. The predicted molar refractivity (Wildman–Crippen MR) is 87.2 cm³/mol. The van der Waals surface area contributed by atoms with Crippen LogP contribution in [0.2, 0.25) is 0 Å². The minimum absolute atomic E-state index is 0.196. The molecular formula is C18H23FN2. The predicted octanol–water partition coefficient (Wildman–Crippen LogP) is 3.61. The lowest BCUT2D eigenvalue weighted by Crippen LogP contribution is -2.17. The van der Waals surface area contributed by atoms with Crippen molar-refractivity contribution in [1.29, 1.82) is 0 Å².